The summed E-state index contributed by atoms with van der Waals surface area (Å²) in [4.78, 5) is 12.5. The van der Waals surface area contributed by atoms with E-state index >= 15 is 0 Å². The minimum absolute atomic E-state index is 0.0666. The Morgan fingerprint density at radius 2 is 1.08 bits per heavy atom. The molecule has 144 valence electrons. The molecule has 0 bridgehead atoms. The van der Waals surface area contributed by atoms with Crippen LogP contribution >= 0.6 is 0 Å². The fraction of sp³-hybridized carbons (Fsp3) is 0.941. The van der Waals surface area contributed by atoms with E-state index in [0.29, 0.717) is 0 Å². The maximum absolute atomic E-state index is 12.5. The maximum Gasteiger partial charge on any atom is 0.752 e. The second-order valence-electron chi connectivity index (χ2n) is 9.33. The molecule has 0 aliphatic carbocycles. The van der Waals surface area contributed by atoms with Crippen LogP contribution in [0.1, 0.15) is 76.2 Å². The zero-order valence-corrected chi connectivity index (χ0v) is 18.3. The summed E-state index contributed by atoms with van der Waals surface area (Å²) in [6.45, 7) is 20.5. The Balaban J connectivity index is 5.83. The molecule has 24 heavy (non-hydrogen) atoms. The average Bonchev–Trinajstić information content (AvgIpc) is 2.18. The van der Waals surface area contributed by atoms with Gasteiger partial charge >= 0.3 is 15.0 Å². The quantitative estimate of drug-likeness (QED) is 0.729. The van der Waals surface area contributed by atoms with Crippen molar-refractivity contribution in [2.24, 2.45) is 11.7 Å². The van der Waals surface area contributed by atoms with Gasteiger partial charge in [0.2, 0.25) is 0 Å². The Hall–Kier alpha value is -0.473. The SMILES string of the molecule is CC(C)[C@H](N)C(=O)O[Si](OC(C)(C)C)(OC(C)(C)C)OC(C)(C)C. The first-order valence-electron chi connectivity index (χ1n) is 8.45. The number of nitrogens with two attached hydrogens (primary N) is 1. The minimum Gasteiger partial charge on any atom is -0.451 e. The van der Waals surface area contributed by atoms with Crippen molar-refractivity contribution in [2.75, 3.05) is 0 Å². The fourth-order valence-electron chi connectivity index (χ4n) is 1.71. The zero-order chi connectivity index (χ0) is 19.6. The molecule has 0 aliphatic heterocycles. The number of carbonyl (C=O) groups is 1. The van der Waals surface area contributed by atoms with Gasteiger partial charge in [0.1, 0.15) is 6.04 Å². The van der Waals surface area contributed by atoms with Crippen LogP contribution in [0.4, 0.5) is 0 Å². The van der Waals surface area contributed by atoms with Gasteiger partial charge < -0.3 is 23.4 Å². The van der Waals surface area contributed by atoms with Gasteiger partial charge in [-0.2, -0.15) is 0 Å². The highest BCUT2D eigenvalue weighted by atomic mass is 28.4. The second-order valence-corrected chi connectivity index (χ2v) is 11.2. The summed E-state index contributed by atoms with van der Waals surface area (Å²) >= 11 is 0. The van der Waals surface area contributed by atoms with Crippen molar-refractivity contribution in [1.82, 2.24) is 0 Å². The minimum atomic E-state index is -3.80. The monoisotopic (exact) mass is 363 g/mol. The van der Waals surface area contributed by atoms with Crippen LogP contribution in [-0.2, 0) is 22.5 Å². The number of hydrogen-bond donors (Lipinski definition) is 1. The summed E-state index contributed by atoms with van der Waals surface area (Å²) in [5.74, 6) is -0.641. The summed E-state index contributed by atoms with van der Waals surface area (Å²) in [7, 11) is -3.80. The molecule has 0 saturated carbocycles. The van der Waals surface area contributed by atoms with Gasteiger partial charge in [-0.25, -0.2) is 0 Å². The summed E-state index contributed by atoms with van der Waals surface area (Å²) in [5.41, 5.74) is 4.08. The molecule has 0 unspecified atom stereocenters. The van der Waals surface area contributed by atoms with E-state index in [1.165, 1.54) is 0 Å². The predicted molar refractivity (Wildman–Crippen MR) is 97.2 cm³/mol. The summed E-state index contributed by atoms with van der Waals surface area (Å²) in [6.07, 6.45) is 0. The van der Waals surface area contributed by atoms with Gasteiger partial charge in [0.15, 0.2) is 0 Å². The van der Waals surface area contributed by atoms with Gasteiger partial charge in [-0.3, -0.25) is 4.79 Å². The van der Waals surface area contributed by atoms with E-state index in [1.54, 1.807) is 0 Å². The van der Waals surface area contributed by atoms with Crippen molar-refractivity contribution in [3.63, 3.8) is 0 Å². The van der Waals surface area contributed by atoms with Crippen LogP contribution in [0.25, 0.3) is 0 Å². The molecule has 0 aromatic rings. The first kappa shape index (κ1) is 23.5. The van der Waals surface area contributed by atoms with Crippen molar-refractivity contribution in [2.45, 2.75) is 99.0 Å². The van der Waals surface area contributed by atoms with E-state index in [4.69, 9.17) is 23.4 Å². The molecule has 0 rings (SSSR count). The van der Waals surface area contributed by atoms with Crippen molar-refractivity contribution >= 4 is 15.0 Å². The van der Waals surface area contributed by atoms with Gasteiger partial charge in [0.05, 0.1) is 16.8 Å². The van der Waals surface area contributed by atoms with Crippen molar-refractivity contribution in [3.8, 4) is 0 Å². The summed E-state index contributed by atoms with van der Waals surface area (Å²) < 4.78 is 23.9. The lowest BCUT2D eigenvalue weighted by Gasteiger charge is -2.40. The summed E-state index contributed by atoms with van der Waals surface area (Å²) in [5, 5.41) is 0. The lowest BCUT2D eigenvalue weighted by Crippen LogP contribution is -2.61. The van der Waals surface area contributed by atoms with Gasteiger partial charge in [-0.15, -0.1) is 0 Å². The lowest BCUT2D eigenvalue weighted by atomic mass is 10.1. The molecule has 7 heteroatoms. The van der Waals surface area contributed by atoms with Gasteiger partial charge in [-0.05, 0) is 68.2 Å². The third-order valence-corrected chi connectivity index (χ3v) is 5.55. The Morgan fingerprint density at radius 1 is 0.792 bits per heavy atom. The Morgan fingerprint density at radius 3 is 1.29 bits per heavy atom. The predicted octanol–water partition coefficient (Wildman–Crippen LogP) is 3.39. The van der Waals surface area contributed by atoms with E-state index in [0.717, 1.165) is 0 Å². The third kappa shape index (κ3) is 9.73. The van der Waals surface area contributed by atoms with Gasteiger partial charge in [0, 0.05) is 0 Å². The van der Waals surface area contributed by atoms with Crippen LogP contribution in [0.15, 0.2) is 0 Å². The number of rotatable bonds is 6. The van der Waals surface area contributed by atoms with Crippen molar-refractivity contribution in [1.29, 1.82) is 0 Å². The average molecular weight is 364 g/mol. The molecular formula is C17H37NO5Si. The Kier molecular flexibility index (Phi) is 7.67. The molecule has 0 aromatic carbocycles. The van der Waals surface area contributed by atoms with Crippen molar-refractivity contribution < 1.29 is 22.5 Å². The van der Waals surface area contributed by atoms with Crippen LogP contribution in [0, 0.1) is 5.92 Å². The zero-order valence-electron chi connectivity index (χ0n) is 17.3. The molecular weight excluding hydrogens is 326 g/mol. The smallest absolute Gasteiger partial charge is 0.451 e. The maximum atomic E-state index is 12.5. The molecule has 0 fully saturated rings. The number of carbonyl (C=O) groups excluding carboxylic acids is 1. The number of hydrogen-bond acceptors (Lipinski definition) is 6. The molecule has 0 saturated heterocycles. The van der Waals surface area contributed by atoms with Gasteiger partial charge in [-0.1, -0.05) is 13.8 Å². The normalized spacial score (nSPS) is 15.5. The first-order chi connectivity index (χ1) is 10.4. The van der Waals surface area contributed by atoms with E-state index < -0.39 is 37.9 Å². The van der Waals surface area contributed by atoms with Crippen molar-refractivity contribution in [3.05, 3.63) is 0 Å². The van der Waals surface area contributed by atoms with E-state index in [2.05, 4.69) is 0 Å². The fourth-order valence-corrected chi connectivity index (χ4v) is 4.60. The standard InChI is InChI=1S/C17H37NO5Si/c1-12(2)13(18)14(19)20-24(21-15(3,4)5,22-16(6,7)8)23-17(9,10)11/h12-13H,18H2,1-11H3/t13-/m0/s1. The van der Waals surface area contributed by atoms with Crippen LogP contribution < -0.4 is 5.73 Å². The Labute approximate surface area is 148 Å². The van der Waals surface area contributed by atoms with Gasteiger partial charge in [0.25, 0.3) is 0 Å². The Bertz CT molecular complexity index is 377. The molecule has 6 nitrogen and oxygen atoms in total. The molecule has 0 aromatic heterocycles. The van der Waals surface area contributed by atoms with E-state index in [1.807, 2.05) is 76.2 Å². The second kappa shape index (κ2) is 7.82. The molecule has 1 atom stereocenters. The summed E-state index contributed by atoms with van der Waals surface area (Å²) in [6, 6.07) is -0.771. The molecule has 0 spiro atoms. The van der Waals surface area contributed by atoms with Crippen LogP contribution in [0.3, 0.4) is 0 Å². The van der Waals surface area contributed by atoms with Crippen LogP contribution in [0.5, 0.6) is 0 Å². The lowest BCUT2D eigenvalue weighted by molar-refractivity contribution is -0.163. The highest BCUT2D eigenvalue weighted by Gasteiger charge is 2.58. The van der Waals surface area contributed by atoms with E-state index in [9.17, 15) is 4.79 Å². The molecule has 0 heterocycles. The molecule has 0 radical (unpaired) electrons. The first-order valence-corrected chi connectivity index (χ1v) is 10.1. The molecule has 2 N–H and O–H groups in total. The molecule has 0 amide bonds. The third-order valence-electron chi connectivity index (χ3n) is 2.51. The largest absolute Gasteiger partial charge is 0.752 e. The van der Waals surface area contributed by atoms with Crippen LogP contribution in [-0.4, -0.2) is 37.9 Å². The molecule has 0 aliphatic rings. The topological polar surface area (TPSA) is 80.0 Å². The van der Waals surface area contributed by atoms with Crippen LogP contribution in [0.2, 0.25) is 0 Å². The van der Waals surface area contributed by atoms with E-state index in [-0.39, 0.29) is 5.92 Å². The highest BCUT2D eigenvalue weighted by Crippen LogP contribution is 2.30. The highest BCUT2D eigenvalue weighted by molar-refractivity contribution is 6.56.